The van der Waals surface area contributed by atoms with Gasteiger partial charge in [-0.2, -0.15) is 0 Å². The Morgan fingerprint density at radius 2 is 1.80 bits per heavy atom. The molecule has 2 aliphatic rings. The first kappa shape index (κ1) is 40.6. The van der Waals surface area contributed by atoms with Gasteiger partial charge in [-0.3, -0.25) is 9.59 Å². The molecule has 1 fully saturated rings. The van der Waals surface area contributed by atoms with Crippen LogP contribution in [0.5, 0.6) is 0 Å². The van der Waals surface area contributed by atoms with E-state index in [0.717, 1.165) is 34.3 Å². The predicted molar refractivity (Wildman–Crippen MR) is 194 cm³/mol. The average Bonchev–Trinajstić information content (AvgIpc) is 3.03. The molecule has 0 radical (unpaired) electrons. The Morgan fingerprint density at radius 3 is 2.39 bits per heavy atom. The van der Waals surface area contributed by atoms with E-state index in [2.05, 4.69) is 36.6 Å². The second-order valence-corrected chi connectivity index (χ2v) is 15.4. The maximum absolute atomic E-state index is 13.3. The number of amides is 2. The largest absolute Gasteiger partial charge is 0.394 e. The molecule has 1 aromatic carbocycles. The lowest BCUT2D eigenvalue weighted by molar-refractivity contribution is -0.168. The van der Waals surface area contributed by atoms with Crippen LogP contribution in [0, 0.1) is 24.2 Å². The van der Waals surface area contributed by atoms with Crippen LogP contribution in [0.4, 0.5) is 0 Å². The number of benzene rings is 1. The Bertz CT molecular complexity index is 1410. The van der Waals surface area contributed by atoms with E-state index < -0.39 is 41.5 Å². The van der Waals surface area contributed by atoms with Crippen LogP contribution in [-0.2, 0) is 20.7 Å². The van der Waals surface area contributed by atoms with Crippen molar-refractivity contribution in [2.75, 3.05) is 33.8 Å². The fourth-order valence-corrected chi connectivity index (χ4v) is 6.58. The number of hydrogen-bond acceptors (Lipinski definition) is 8. The zero-order valence-corrected chi connectivity index (χ0v) is 31.2. The van der Waals surface area contributed by atoms with Gasteiger partial charge in [0, 0.05) is 25.4 Å². The fraction of sp³-hybridized carbons (Fsp3) is 0.641. The molecule has 2 amide bonds. The van der Waals surface area contributed by atoms with Crippen molar-refractivity contribution in [1.29, 1.82) is 0 Å². The molecule has 3 rings (SSSR count). The van der Waals surface area contributed by atoms with Crippen molar-refractivity contribution < 1.29 is 34.8 Å². The van der Waals surface area contributed by atoms with Gasteiger partial charge in [0.15, 0.2) is 0 Å². The van der Waals surface area contributed by atoms with Crippen molar-refractivity contribution in [3.05, 3.63) is 63.8 Å². The number of nitrogens with zero attached hydrogens (tertiary/aromatic N) is 1. The van der Waals surface area contributed by atoms with Gasteiger partial charge in [0.25, 0.3) is 0 Å². The smallest absolute Gasteiger partial charge is 0.245 e. The number of nitrogens with one attached hydrogen (secondary N) is 2. The van der Waals surface area contributed by atoms with Crippen LogP contribution in [0.15, 0.2) is 47.1 Å². The van der Waals surface area contributed by atoms with E-state index in [0.29, 0.717) is 25.1 Å². The zero-order chi connectivity index (χ0) is 36.8. The number of likely N-dealkylation sites (N-methyl/N-ethyl adjacent to an activating group) is 1. The third-order valence-corrected chi connectivity index (χ3v) is 10.1. The molecule has 10 nitrogen and oxygen atoms in total. The Labute approximate surface area is 293 Å². The summed E-state index contributed by atoms with van der Waals surface area (Å²) in [6.45, 7) is 16.3. The Hall–Kier alpha value is -2.86. The lowest BCUT2D eigenvalue weighted by Crippen LogP contribution is -2.57. The van der Waals surface area contributed by atoms with Crippen LogP contribution in [0.1, 0.15) is 78.0 Å². The van der Waals surface area contributed by atoms with E-state index in [1.165, 1.54) is 0 Å². The number of aryl methyl sites for hydroxylation is 1. The third-order valence-electron chi connectivity index (χ3n) is 10.1. The van der Waals surface area contributed by atoms with Gasteiger partial charge in [0.05, 0.1) is 30.3 Å². The minimum atomic E-state index is -1.21. The Kier molecular flexibility index (Phi) is 14.0. The monoisotopic (exact) mass is 683 g/mol. The number of allylic oxidation sites excluding steroid dienone is 2. The number of carbonyl (C=O) groups is 2. The molecule has 1 aromatic rings. The summed E-state index contributed by atoms with van der Waals surface area (Å²) >= 11 is 0. The molecule has 0 spiro atoms. The topological polar surface area (TPSA) is 152 Å². The highest BCUT2D eigenvalue weighted by molar-refractivity contribution is 5.93. The van der Waals surface area contributed by atoms with Crippen LogP contribution in [-0.4, -0.2) is 107 Å². The summed E-state index contributed by atoms with van der Waals surface area (Å²) in [6, 6.07) is 6.17. The van der Waals surface area contributed by atoms with Crippen molar-refractivity contribution in [3.8, 4) is 0 Å². The van der Waals surface area contributed by atoms with Gasteiger partial charge in [-0.15, -0.1) is 0 Å². The summed E-state index contributed by atoms with van der Waals surface area (Å²) in [7, 11) is 3.87. The molecular weight excluding hydrogens is 622 g/mol. The quantitative estimate of drug-likeness (QED) is 0.175. The molecule has 7 unspecified atom stereocenters. The minimum Gasteiger partial charge on any atom is -0.394 e. The first-order valence-corrected chi connectivity index (χ1v) is 17.6. The van der Waals surface area contributed by atoms with Gasteiger partial charge in [0.1, 0.15) is 17.7 Å². The molecule has 0 aromatic heterocycles. The van der Waals surface area contributed by atoms with E-state index in [1.54, 1.807) is 13.8 Å². The van der Waals surface area contributed by atoms with Crippen molar-refractivity contribution in [2.45, 2.75) is 111 Å². The summed E-state index contributed by atoms with van der Waals surface area (Å²) < 4.78 is 6.00. The molecule has 0 saturated carbocycles. The molecule has 6 N–H and O–H groups in total. The summed E-state index contributed by atoms with van der Waals surface area (Å²) in [5.41, 5.74) is 3.89. The van der Waals surface area contributed by atoms with E-state index in [1.807, 2.05) is 71.0 Å². The third kappa shape index (κ3) is 10.1. The van der Waals surface area contributed by atoms with E-state index in [9.17, 15) is 30.0 Å². The number of aliphatic hydroxyl groups excluding tert-OH is 4. The van der Waals surface area contributed by atoms with Gasteiger partial charge < -0.3 is 40.7 Å². The summed E-state index contributed by atoms with van der Waals surface area (Å²) in [6.07, 6.45) is 2.62. The number of ether oxygens (including phenoxy) is 1. The summed E-state index contributed by atoms with van der Waals surface area (Å²) in [5.74, 6) is -0.498. The van der Waals surface area contributed by atoms with Crippen LogP contribution in [0.3, 0.4) is 0 Å². The molecular formula is C39H61N3O7. The fourth-order valence-electron chi connectivity index (χ4n) is 6.58. The molecule has 1 aliphatic heterocycles. The standard InChI is InChI=1S/C39H61N3O7/c1-11-23(2)32-25(4)33(45)30(35-34(46)31(44)21-29(22-43)49-35)20-28(32)19-27-13-12-26(18-24(27)3)14-15-38(5,6)36(47)41-39(7,8)37(48)40-16-17-42(9)10/h12-15,18,20,23,25,29,31,33-35,43-46H,11,16-17,19,21-22H2,1-10H3,(H,40,48)(H,41,47). The Morgan fingerprint density at radius 1 is 1.12 bits per heavy atom. The van der Waals surface area contributed by atoms with Gasteiger partial charge in [-0.25, -0.2) is 0 Å². The van der Waals surface area contributed by atoms with Crippen LogP contribution < -0.4 is 10.6 Å². The van der Waals surface area contributed by atoms with Gasteiger partial charge in [-0.05, 0) is 95.3 Å². The van der Waals surface area contributed by atoms with E-state index in [-0.39, 0.29) is 36.7 Å². The van der Waals surface area contributed by atoms with Crippen molar-refractivity contribution >= 4 is 17.9 Å². The number of rotatable bonds is 14. The SMILES string of the molecule is CCC(C)C1=C(Cc2ccc(C=CC(C)(C)C(=O)NC(C)(C)C(=O)NCCN(C)C)cc2C)C=C(C2OC(CO)CC(O)C2O)C(O)C1C. The average molecular weight is 684 g/mol. The highest BCUT2D eigenvalue weighted by Gasteiger charge is 2.43. The highest BCUT2D eigenvalue weighted by Crippen LogP contribution is 2.41. The molecule has 1 saturated heterocycles. The second kappa shape index (κ2) is 16.9. The summed E-state index contributed by atoms with van der Waals surface area (Å²) in [4.78, 5) is 28.0. The molecule has 1 heterocycles. The first-order valence-electron chi connectivity index (χ1n) is 17.6. The lowest BCUT2D eigenvalue weighted by atomic mass is 9.72. The normalized spacial score (nSPS) is 25.8. The van der Waals surface area contributed by atoms with Crippen LogP contribution in [0.25, 0.3) is 6.08 Å². The Balaban J connectivity index is 1.83. The zero-order valence-electron chi connectivity index (χ0n) is 31.2. The number of hydrogen-bond donors (Lipinski definition) is 6. The molecule has 7 atom stereocenters. The van der Waals surface area contributed by atoms with Crippen LogP contribution >= 0.6 is 0 Å². The van der Waals surface area contributed by atoms with Crippen molar-refractivity contribution in [3.63, 3.8) is 0 Å². The maximum Gasteiger partial charge on any atom is 0.245 e. The van der Waals surface area contributed by atoms with Gasteiger partial charge in [0.2, 0.25) is 11.8 Å². The van der Waals surface area contributed by atoms with Gasteiger partial charge in [-0.1, -0.05) is 62.8 Å². The molecule has 1 aliphatic carbocycles. The summed E-state index contributed by atoms with van der Waals surface area (Å²) in [5, 5.41) is 48.4. The number of carbonyl (C=O) groups excluding carboxylic acids is 2. The highest BCUT2D eigenvalue weighted by atomic mass is 16.5. The number of aliphatic hydroxyl groups is 4. The lowest BCUT2D eigenvalue weighted by Gasteiger charge is -2.42. The predicted octanol–water partition coefficient (Wildman–Crippen LogP) is 3.30. The molecule has 0 bridgehead atoms. The first-order chi connectivity index (χ1) is 22.8. The minimum absolute atomic E-state index is 0.127. The van der Waals surface area contributed by atoms with Gasteiger partial charge >= 0.3 is 0 Å². The maximum atomic E-state index is 13.3. The van der Waals surface area contributed by atoms with Crippen molar-refractivity contribution in [2.24, 2.45) is 17.3 Å². The molecule has 10 heteroatoms. The van der Waals surface area contributed by atoms with Crippen molar-refractivity contribution in [1.82, 2.24) is 15.5 Å². The second-order valence-electron chi connectivity index (χ2n) is 15.4. The molecule has 49 heavy (non-hydrogen) atoms. The molecule has 274 valence electrons. The van der Waals surface area contributed by atoms with E-state index >= 15 is 0 Å². The van der Waals surface area contributed by atoms with Crippen LogP contribution in [0.2, 0.25) is 0 Å². The van der Waals surface area contributed by atoms with E-state index in [4.69, 9.17) is 4.74 Å².